The molecule has 1 atom stereocenters. The van der Waals surface area contributed by atoms with Crippen LogP contribution in [0.4, 0.5) is 0 Å². The van der Waals surface area contributed by atoms with Crippen LogP contribution < -0.4 is 4.74 Å². The molecule has 0 aliphatic heterocycles. The molecule has 0 radical (unpaired) electrons. The smallest absolute Gasteiger partial charge is 0.311 e. The van der Waals surface area contributed by atoms with Crippen molar-refractivity contribution in [1.29, 1.82) is 0 Å². The normalized spacial score (nSPS) is 12.0. The van der Waals surface area contributed by atoms with Crippen molar-refractivity contribution in [2.75, 3.05) is 6.61 Å². The highest BCUT2D eigenvalue weighted by Crippen LogP contribution is 2.31. The summed E-state index contributed by atoms with van der Waals surface area (Å²) in [5.74, 6) is -0.968. The summed E-state index contributed by atoms with van der Waals surface area (Å²) in [7, 11) is 0. The van der Waals surface area contributed by atoms with E-state index in [0.717, 1.165) is 0 Å². The Bertz CT molecular complexity index is 671. The first-order valence-electron chi connectivity index (χ1n) is 6.91. The van der Waals surface area contributed by atoms with Gasteiger partial charge in [0.25, 0.3) is 0 Å². The molecule has 0 heterocycles. The van der Waals surface area contributed by atoms with Gasteiger partial charge in [-0.1, -0.05) is 47.5 Å². The fraction of sp³-hybridized carbons (Fsp3) is 0.235. The topological polar surface area (TPSA) is 46.5 Å². The number of hydrogen-bond donors (Lipinski definition) is 1. The highest BCUT2D eigenvalue weighted by molar-refractivity contribution is 6.42. The second kappa shape index (κ2) is 7.52. The Kier molecular flexibility index (Phi) is 5.69. The van der Waals surface area contributed by atoms with E-state index in [2.05, 4.69) is 0 Å². The number of ether oxygens (including phenoxy) is 1. The lowest BCUT2D eigenvalue weighted by molar-refractivity contribution is -0.138. The first-order valence-corrected chi connectivity index (χ1v) is 7.67. The molecule has 22 heavy (non-hydrogen) atoms. The second-order valence-electron chi connectivity index (χ2n) is 4.81. The lowest BCUT2D eigenvalue weighted by Gasteiger charge is -2.15. The van der Waals surface area contributed by atoms with E-state index in [4.69, 9.17) is 27.9 Å². The van der Waals surface area contributed by atoms with Crippen LogP contribution in [0.3, 0.4) is 0 Å². The first-order chi connectivity index (χ1) is 10.5. The predicted octanol–water partition coefficient (Wildman–Crippen LogP) is 4.80. The van der Waals surface area contributed by atoms with E-state index >= 15 is 0 Å². The SMILES string of the molecule is CCOc1cccc(C(Cc2cccc(Cl)c2Cl)C(=O)O)c1. The maximum atomic E-state index is 11.7. The second-order valence-corrected chi connectivity index (χ2v) is 5.60. The molecule has 0 fully saturated rings. The molecule has 0 saturated heterocycles. The first kappa shape index (κ1) is 16.7. The van der Waals surface area contributed by atoms with E-state index in [1.807, 2.05) is 6.92 Å². The molecule has 116 valence electrons. The highest BCUT2D eigenvalue weighted by atomic mass is 35.5. The van der Waals surface area contributed by atoms with Crippen molar-refractivity contribution in [2.45, 2.75) is 19.3 Å². The van der Waals surface area contributed by atoms with Crippen LogP contribution in [0.15, 0.2) is 42.5 Å². The predicted molar refractivity (Wildman–Crippen MR) is 88.2 cm³/mol. The maximum absolute atomic E-state index is 11.7. The summed E-state index contributed by atoms with van der Waals surface area (Å²) >= 11 is 12.2. The summed E-state index contributed by atoms with van der Waals surface area (Å²) in [5, 5.41) is 10.4. The Morgan fingerprint density at radius 1 is 1.23 bits per heavy atom. The van der Waals surface area contributed by atoms with Crippen LogP contribution in [0.5, 0.6) is 5.75 Å². The van der Waals surface area contributed by atoms with Gasteiger partial charge in [0.15, 0.2) is 0 Å². The van der Waals surface area contributed by atoms with Crippen molar-refractivity contribution >= 4 is 29.2 Å². The summed E-state index contributed by atoms with van der Waals surface area (Å²) in [4.78, 5) is 11.7. The summed E-state index contributed by atoms with van der Waals surface area (Å²) in [6.07, 6.45) is 0.268. The summed E-state index contributed by atoms with van der Waals surface area (Å²) in [6, 6.07) is 12.4. The number of halogens is 2. The van der Waals surface area contributed by atoms with Gasteiger partial charge in [-0.05, 0) is 42.7 Å². The molecule has 1 N–H and O–H groups in total. The van der Waals surface area contributed by atoms with Gasteiger partial charge in [0.1, 0.15) is 5.75 Å². The molecule has 0 aliphatic rings. The molecular weight excluding hydrogens is 323 g/mol. The monoisotopic (exact) mass is 338 g/mol. The molecule has 1 unspecified atom stereocenters. The minimum absolute atomic E-state index is 0.268. The van der Waals surface area contributed by atoms with Gasteiger partial charge in [0.05, 0.1) is 22.6 Å². The minimum Gasteiger partial charge on any atom is -0.494 e. The third-order valence-corrected chi connectivity index (χ3v) is 4.18. The molecule has 2 aromatic carbocycles. The number of carboxylic acid groups (broad SMARTS) is 1. The molecule has 0 spiro atoms. The van der Waals surface area contributed by atoms with Crippen LogP contribution >= 0.6 is 23.2 Å². The minimum atomic E-state index is -0.912. The van der Waals surface area contributed by atoms with Crippen LogP contribution in [0, 0.1) is 0 Å². The molecule has 5 heteroatoms. The highest BCUT2D eigenvalue weighted by Gasteiger charge is 2.22. The maximum Gasteiger partial charge on any atom is 0.311 e. The van der Waals surface area contributed by atoms with Crippen LogP contribution in [0.2, 0.25) is 10.0 Å². The number of carboxylic acids is 1. The largest absolute Gasteiger partial charge is 0.494 e. The molecule has 2 aromatic rings. The molecule has 2 rings (SSSR count). The standard InChI is InChI=1S/C17H16Cl2O3/c1-2-22-13-7-3-5-11(9-13)14(17(20)21)10-12-6-4-8-15(18)16(12)19/h3-9,14H,2,10H2,1H3,(H,20,21). The number of hydrogen-bond acceptors (Lipinski definition) is 2. The zero-order valence-electron chi connectivity index (χ0n) is 12.1. The van der Waals surface area contributed by atoms with Crippen LogP contribution in [-0.2, 0) is 11.2 Å². The van der Waals surface area contributed by atoms with Gasteiger partial charge in [0, 0.05) is 0 Å². The Hall–Kier alpha value is -1.71. The van der Waals surface area contributed by atoms with Gasteiger partial charge >= 0.3 is 5.97 Å². The molecule has 0 amide bonds. The van der Waals surface area contributed by atoms with E-state index < -0.39 is 11.9 Å². The Morgan fingerprint density at radius 2 is 1.95 bits per heavy atom. The number of aliphatic carboxylic acids is 1. The Balaban J connectivity index is 2.32. The van der Waals surface area contributed by atoms with Crippen molar-refractivity contribution in [3.05, 3.63) is 63.6 Å². The van der Waals surface area contributed by atoms with Crippen molar-refractivity contribution < 1.29 is 14.6 Å². The van der Waals surface area contributed by atoms with Crippen molar-refractivity contribution in [3.8, 4) is 5.75 Å². The van der Waals surface area contributed by atoms with E-state index in [1.54, 1.807) is 42.5 Å². The molecule has 3 nitrogen and oxygen atoms in total. The molecule has 0 saturated carbocycles. The third kappa shape index (κ3) is 3.93. The number of carbonyl (C=O) groups is 1. The summed E-state index contributed by atoms with van der Waals surface area (Å²) in [6.45, 7) is 2.41. The zero-order valence-corrected chi connectivity index (χ0v) is 13.6. The fourth-order valence-electron chi connectivity index (χ4n) is 2.26. The van der Waals surface area contributed by atoms with Gasteiger partial charge in [-0.15, -0.1) is 0 Å². The molecule has 0 aromatic heterocycles. The van der Waals surface area contributed by atoms with E-state index in [1.165, 1.54) is 0 Å². The molecule has 0 bridgehead atoms. The lowest BCUT2D eigenvalue weighted by Crippen LogP contribution is -2.15. The van der Waals surface area contributed by atoms with E-state index in [9.17, 15) is 9.90 Å². The van der Waals surface area contributed by atoms with Gasteiger partial charge in [-0.3, -0.25) is 4.79 Å². The van der Waals surface area contributed by atoms with Crippen LogP contribution in [-0.4, -0.2) is 17.7 Å². The van der Waals surface area contributed by atoms with Crippen molar-refractivity contribution in [1.82, 2.24) is 0 Å². The van der Waals surface area contributed by atoms with Crippen molar-refractivity contribution in [2.24, 2.45) is 0 Å². The number of rotatable bonds is 6. The van der Waals surface area contributed by atoms with E-state index in [-0.39, 0.29) is 6.42 Å². The van der Waals surface area contributed by atoms with Gasteiger partial charge < -0.3 is 9.84 Å². The van der Waals surface area contributed by atoms with Crippen molar-refractivity contribution in [3.63, 3.8) is 0 Å². The lowest BCUT2D eigenvalue weighted by atomic mass is 9.92. The van der Waals surface area contributed by atoms with Gasteiger partial charge in [-0.2, -0.15) is 0 Å². The third-order valence-electron chi connectivity index (χ3n) is 3.33. The van der Waals surface area contributed by atoms with Crippen LogP contribution in [0.1, 0.15) is 24.0 Å². The molecular formula is C17H16Cl2O3. The Morgan fingerprint density at radius 3 is 2.64 bits per heavy atom. The molecule has 0 aliphatic carbocycles. The summed E-state index contributed by atoms with van der Waals surface area (Å²) in [5.41, 5.74) is 1.39. The van der Waals surface area contributed by atoms with E-state index in [0.29, 0.717) is 33.5 Å². The fourth-order valence-corrected chi connectivity index (χ4v) is 2.66. The summed E-state index contributed by atoms with van der Waals surface area (Å²) < 4.78 is 5.43. The van der Waals surface area contributed by atoms with Gasteiger partial charge in [0.2, 0.25) is 0 Å². The quantitative estimate of drug-likeness (QED) is 0.822. The number of benzene rings is 2. The Labute approximate surface area is 139 Å². The zero-order chi connectivity index (χ0) is 16.1. The van der Waals surface area contributed by atoms with Crippen LogP contribution in [0.25, 0.3) is 0 Å². The average molecular weight is 339 g/mol. The van der Waals surface area contributed by atoms with Gasteiger partial charge in [-0.25, -0.2) is 0 Å². The average Bonchev–Trinajstić information content (AvgIpc) is 2.49.